The second-order valence-electron chi connectivity index (χ2n) is 5.99. The maximum absolute atomic E-state index is 13.4. The van der Waals surface area contributed by atoms with E-state index in [2.05, 4.69) is 10.2 Å². The van der Waals surface area contributed by atoms with Crippen LogP contribution in [0.4, 0.5) is 22.0 Å². The first-order chi connectivity index (χ1) is 10.8. The minimum atomic E-state index is -4.71. The lowest BCUT2D eigenvalue weighted by atomic mass is 9.96. The lowest BCUT2D eigenvalue weighted by Gasteiger charge is -2.27. The van der Waals surface area contributed by atoms with Crippen molar-refractivity contribution in [1.82, 2.24) is 14.6 Å². The molecular formula is C14H12F5N3O. The molecule has 1 atom stereocenters. The van der Waals surface area contributed by atoms with Gasteiger partial charge in [-0.05, 0) is 25.3 Å². The van der Waals surface area contributed by atoms with Gasteiger partial charge in [0.1, 0.15) is 17.1 Å². The molecule has 2 aromatic heterocycles. The van der Waals surface area contributed by atoms with E-state index in [9.17, 15) is 22.0 Å². The van der Waals surface area contributed by atoms with E-state index in [4.69, 9.17) is 4.74 Å². The molecule has 0 bridgehead atoms. The predicted octanol–water partition coefficient (Wildman–Crippen LogP) is 3.80. The molecule has 2 saturated carbocycles. The van der Waals surface area contributed by atoms with Gasteiger partial charge in [0.2, 0.25) is 0 Å². The van der Waals surface area contributed by atoms with Crippen molar-refractivity contribution < 1.29 is 26.7 Å². The second kappa shape index (κ2) is 4.55. The average Bonchev–Trinajstić information content (AvgIpc) is 2.85. The number of ether oxygens (including phenoxy) is 1. The van der Waals surface area contributed by atoms with Gasteiger partial charge in [-0.1, -0.05) is 0 Å². The van der Waals surface area contributed by atoms with Crippen LogP contribution in [0.15, 0.2) is 12.3 Å². The Morgan fingerprint density at radius 3 is 2.43 bits per heavy atom. The van der Waals surface area contributed by atoms with Crippen molar-refractivity contribution in [2.75, 3.05) is 0 Å². The van der Waals surface area contributed by atoms with Crippen molar-refractivity contribution >= 4 is 5.65 Å². The number of nitrogens with zero attached hydrogens (tertiary/aromatic N) is 3. The van der Waals surface area contributed by atoms with E-state index in [1.54, 1.807) is 0 Å². The van der Waals surface area contributed by atoms with Gasteiger partial charge in [0, 0.05) is 12.6 Å². The van der Waals surface area contributed by atoms with Gasteiger partial charge in [-0.25, -0.2) is 8.78 Å². The topological polar surface area (TPSA) is 39.4 Å². The Morgan fingerprint density at radius 2 is 1.91 bits per heavy atom. The summed E-state index contributed by atoms with van der Waals surface area (Å²) in [4.78, 5) is 0. The largest absolute Gasteiger partial charge is 0.490 e. The molecule has 0 saturated heterocycles. The van der Waals surface area contributed by atoms with Crippen molar-refractivity contribution in [2.24, 2.45) is 0 Å². The molecule has 23 heavy (non-hydrogen) atoms. The third-order valence-corrected chi connectivity index (χ3v) is 4.33. The quantitative estimate of drug-likeness (QED) is 0.802. The molecule has 0 aliphatic heterocycles. The van der Waals surface area contributed by atoms with Crippen molar-refractivity contribution in [1.29, 1.82) is 0 Å². The summed E-state index contributed by atoms with van der Waals surface area (Å²) in [6.45, 7) is 0. The SMILES string of the molecule is FC(F)(F)c1c(OC2CCC2)ccn2c(C3CC3(F)F)nnc12. The van der Waals surface area contributed by atoms with Crippen LogP contribution >= 0.6 is 0 Å². The van der Waals surface area contributed by atoms with E-state index in [1.165, 1.54) is 6.20 Å². The Hall–Kier alpha value is -1.93. The Labute approximate surface area is 127 Å². The zero-order chi connectivity index (χ0) is 16.4. The lowest BCUT2D eigenvalue weighted by Crippen LogP contribution is -2.26. The van der Waals surface area contributed by atoms with Gasteiger partial charge in [-0.3, -0.25) is 4.40 Å². The molecule has 0 spiro atoms. The van der Waals surface area contributed by atoms with Crippen LogP contribution in [0.3, 0.4) is 0 Å². The van der Waals surface area contributed by atoms with Crippen LogP contribution in [0, 0.1) is 0 Å². The van der Waals surface area contributed by atoms with Crippen molar-refractivity contribution in [3.05, 3.63) is 23.7 Å². The Kier molecular flexibility index (Phi) is 2.90. The molecule has 0 radical (unpaired) electrons. The molecule has 124 valence electrons. The fraction of sp³-hybridized carbons (Fsp3) is 0.571. The number of hydrogen-bond donors (Lipinski definition) is 0. The smallest absolute Gasteiger partial charge is 0.423 e. The number of pyridine rings is 1. The number of aromatic nitrogens is 3. The summed E-state index contributed by atoms with van der Waals surface area (Å²) in [7, 11) is 0. The summed E-state index contributed by atoms with van der Waals surface area (Å²) in [5.41, 5.74) is -1.55. The van der Waals surface area contributed by atoms with Gasteiger partial charge in [0.15, 0.2) is 5.65 Å². The number of fused-ring (bicyclic) bond motifs is 1. The van der Waals surface area contributed by atoms with E-state index in [-0.39, 0.29) is 17.7 Å². The highest BCUT2D eigenvalue weighted by atomic mass is 19.4. The minimum Gasteiger partial charge on any atom is -0.490 e. The maximum atomic E-state index is 13.4. The summed E-state index contributed by atoms with van der Waals surface area (Å²) >= 11 is 0. The molecule has 4 rings (SSSR count). The Balaban J connectivity index is 1.82. The average molecular weight is 333 g/mol. The molecule has 2 aliphatic rings. The molecule has 4 nitrogen and oxygen atoms in total. The van der Waals surface area contributed by atoms with E-state index in [0.717, 1.165) is 16.9 Å². The highest BCUT2D eigenvalue weighted by molar-refractivity contribution is 5.57. The normalized spacial score (nSPS) is 23.8. The minimum absolute atomic E-state index is 0.148. The molecule has 1 unspecified atom stereocenters. The summed E-state index contributed by atoms with van der Waals surface area (Å²) in [5.74, 6) is -4.58. The molecule has 0 N–H and O–H groups in total. The van der Waals surface area contributed by atoms with Crippen molar-refractivity contribution in [3.8, 4) is 5.75 Å². The molecule has 0 amide bonds. The highest BCUT2D eigenvalue weighted by Crippen LogP contribution is 2.55. The van der Waals surface area contributed by atoms with Gasteiger partial charge in [-0.2, -0.15) is 13.2 Å². The number of halogens is 5. The molecule has 0 aromatic carbocycles. The summed E-state index contributed by atoms with van der Waals surface area (Å²) in [6, 6.07) is 1.15. The zero-order valence-electron chi connectivity index (χ0n) is 11.8. The predicted molar refractivity (Wildman–Crippen MR) is 68.6 cm³/mol. The van der Waals surface area contributed by atoms with Gasteiger partial charge >= 0.3 is 6.18 Å². The molecule has 2 fully saturated rings. The fourth-order valence-corrected chi connectivity index (χ4v) is 2.72. The Bertz CT molecular complexity index is 766. The number of alkyl halides is 5. The third kappa shape index (κ3) is 2.33. The fourth-order valence-electron chi connectivity index (χ4n) is 2.72. The number of rotatable bonds is 3. The van der Waals surface area contributed by atoms with Crippen molar-refractivity contribution in [2.45, 2.75) is 49.8 Å². The Morgan fingerprint density at radius 1 is 1.22 bits per heavy atom. The molecule has 9 heteroatoms. The van der Waals surface area contributed by atoms with Crippen LogP contribution in [-0.2, 0) is 6.18 Å². The van der Waals surface area contributed by atoms with Crippen LogP contribution in [0.25, 0.3) is 5.65 Å². The summed E-state index contributed by atoms with van der Waals surface area (Å²) in [6.07, 6.45) is -1.78. The molecule has 2 heterocycles. The first-order valence-electron chi connectivity index (χ1n) is 7.27. The van der Waals surface area contributed by atoms with E-state index >= 15 is 0 Å². The van der Waals surface area contributed by atoms with Gasteiger partial charge in [-0.15, -0.1) is 10.2 Å². The zero-order valence-corrected chi connectivity index (χ0v) is 11.8. The standard InChI is InChI=1S/C14H12F5N3O/c15-13(16)6-8(13)11-20-21-12-10(14(17,18)19)9(4-5-22(11)12)23-7-2-1-3-7/h4-5,7-8H,1-3,6H2. The molecular weight excluding hydrogens is 321 g/mol. The summed E-state index contributed by atoms with van der Waals surface area (Å²) in [5, 5.41) is 7.06. The van der Waals surface area contributed by atoms with Gasteiger partial charge in [0.05, 0.1) is 12.0 Å². The highest BCUT2D eigenvalue weighted by Gasteiger charge is 2.60. The first-order valence-corrected chi connectivity index (χ1v) is 7.27. The summed E-state index contributed by atoms with van der Waals surface area (Å²) < 4.78 is 73.0. The molecule has 2 aromatic rings. The molecule has 2 aliphatic carbocycles. The second-order valence-corrected chi connectivity index (χ2v) is 5.99. The van der Waals surface area contributed by atoms with Crippen LogP contribution in [-0.4, -0.2) is 26.6 Å². The van der Waals surface area contributed by atoms with Crippen LogP contribution in [0.5, 0.6) is 5.75 Å². The maximum Gasteiger partial charge on any atom is 0.423 e. The van der Waals surface area contributed by atoms with E-state index in [1.807, 2.05) is 0 Å². The van der Waals surface area contributed by atoms with E-state index in [0.29, 0.717) is 12.8 Å². The van der Waals surface area contributed by atoms with E-state index < -0.39 is 35.6 Å². The van der Waals surface area contributed by atoms with Gasteiger partial charge in [0.25, 0.3) is 5.92 Å². The van der Waals surface area contributed by atoms with Crippen LogP contribution < -0.4 is 4.74 Å². The first kappa shape index (κ1) is 14.6. The van der Waals surface area contributed by atoms with Crippen LogP contribution in [0.1, 0.15) is 43.0 Å². The van der Waals surface area contributed by atoms with Crippen LogP contribution in [0.2, 0.25) is 0 Å². The van der Waals surface area contributed by atoms with Crippen molar-refractivity contribution in [3.63, 3.8) is 0 Å². The third-order valence-electron chi connectivity index (χ3n) is 4.33. The number of hydrogen-bond acceptors (Lipinski definition) is 3. The van der Waals surface area contributed by atoms with Gasteiger partial charge < -0.3 is 4.74 Å². The lowest BCUT2D eigenvalue weighted by molar-refractivity contribution is -0.138. The monoisotopic (exact) mass is 333 g/mol.